The van der Waals surface area contributed by atoms with Gasteiger partial charge < -0.3 is 0 Å². The fraction of sp³-hybridized carbons (Fsp3) is 0. The van der Waals surface area contributed by atoms with Gasteiger partial charge in [-0.3, -0.25) is 0 Å². The van der Waals surface area contributed by atoms with Crippen LogP contribution >= 0.6 is 0 Å². The Balaban J connectivity index is 0. The number of hydrogen-bond acceptors (Lipinski definition) is 0. The minimum Gasteiger partial charge on any atom is 0 e. The molecule has 0 bridgehead atoms. The molecular weight excluding hydrogens is 450 g/mol. The summed E-state index contributed by atoms with van der Waals surface area (Å²) in [6, 6.07) is 0. The van der Waals surface area contributed by atoms with Crippen molar-refractivity contribution < 1.29 is 109 Å². The zero-order chi connectivity index (χ0) is 0. The maximum Gasteiger partial charge on any atom is 0 e. The van der Waals surface area contributed by atoms with E-state index in [0.717, 1.165) is 0 Å². The third kappa shape index (κ3) is 9.19. The Kier molecular flexibility index (Phi) is 101. The van der Waals surface area contributed by atoms with Crippen LogP contribution < -0.4 is 0 Å². The van der Waals surface area contributed by atoms with E-state index >= 15 is 0 Å². The average molecular weight is 450 g/mol. The molecule has 0 aliphatic heterocycles. The molecule has 0 atom stereocenters. The smallest absolute Gasteiger partial charge is 0 e. The van der Waals surface area contributed by atoms with Crippen LogP contribution in [0.4, 0.5) is 0 Å². The molecule has 0 radical (unpaired) electrons. The van der Waals surface area contributed by atoms with Gasteiger partial charge in [0.1, 0.15) is 0 Å². The zero-order valence-electron chi connectivity index (χ0n) is 2.83. The SMILES string of the molecule is [Cd].[Cd].[Cd].[Cd]. The summed E-state index contributed by atoms with van der Waals surface area (Å²) in [5, 5.41) is 0. The summed E-state index contributed by atoms with van der Waals surface area (Å²) in [6.45, 7) is 0. The third-order valence-electron chi connectivity index (χ3n) is 0. The van der Waals surface area contributed by atoms with Crippen LogP contribution in [0, 0.1) is 0 Å². The first-order chi connectivity index (χ1) is 0. The van der Waals surface area contributed by atoms with Gasteiger partial charge in [-0.15, -0.1) is 0 Å². The molecule has 0 spiro atoms. The van der Waals surface area contributed by atoms with Crippen molar-refractivity contribution in [3.8, 4) is 0 Å². The molecule has 8 valence electrons. The Bertz CT molecular complexity index is 0. The Morgan fingerprint density at radius 1 is 0.250 bits per heavy atom. The second-order valence-corrected chi connectivity index (χ2v) is 0. The molecule has 4 heavy (non-hydrogen) atoms. The second-order valence-electron chi connectivity index (χ2n) is 0. The molecule has 0 nitrogen and oxygen atoms in total. The van der Waals surface area contributed by atoms with Crippen molar-refractivity contribution in [3.05, 3.63) is 0 Å². The first-order valence-electron chi connectivity index (χ1n) is 0. The van der Waals surface area contributed by atoms with Crippen LogP contribution in [-0.2, 0) is 109 Å². The average Bonchev–Trinajstić information content (AvgIpc) is 0. The number of rotatable bonds is 0. The van der Waals surface area contributed by atoms with E-state index in [9.17, 15) is 0 Å². The van der Waals surface area contributed by atoms with E-state index in [-0.39, 0.29) is 109 Å². The van der Waals surface area contributed by atoms with E-state index in [4.69, 9.17) is 0 Å². The summed E-state index contributed by atoms with van der Waals surface area (Å²) in [7, 11) is 0. The first kappa shape index (κ1) is 25.3. The maximum absolute atomic E-state index is 0. The third-order valence-corrected chi connectivity index (χ3v) is 0. The van der Waals surface area contributed by atoms with Gasteiger partial charge in [-0.1, -0.05) is 0 Å². The Hall–Kier alpha value is 3.69. The van der Waals surface area contributed by atoms with Gasteiger partial charge in [-0.2, -0.15) is 0 Å². The maximum atomic E-state index is 0. The summed E-state index contributed by atoms with van der Waals surface area (Å²) in [5.74, 6) is 0. The first-order valence-corrected chi connectivity index (χ1v) is 0. The molecular formula is Cd4. The van der Waals surface area contributed by atoms with Gasteiger partial charge in [0.15, 0.2) is 0 Å². The van der Waals surface area contributed by atoms with Crippen LogP contribution in [0.1, 0.15) is 0 Å². The minimum atomic E-state index is 0. The molecule has 0 aromatic heterocycles. The van der Waals surface area contributed by atoms with Crippen molar-refractivity contribution in [1.82, 2.24) is 0 Å². The summed E-state index contributed by atoms with van der Waals surface area (Å²) in [4.78, 5) is 0. The molecule has 0 saturated heterocycles. The Morgan fingerprint density at radius 2 is 0.250 bits per heavy atom. The molecule has 0 amide bonds. The van der Waals surface area contributed by atoms with Crippen LogP contribution in [0.5, 0.6) is 0 Å². The predicted octanol–water partition coefficient (Wildman–Crippen LogP) is -0.0100. The molecule has 0 fully saturated rings. The zero-order valence-corrected chi connectivity index (χ0v) is 19.0. The van der Waals surface area contributed by atoms with Gasteiger partial charge in [0.05, 0.1) is 0 Å². The van der Waals surface area contributed by atoms with Gasteiger partial charge in [-0.05, 0) is 0 Å². The van der Waals surface area contributed by atoms with Crippen LogP contribution in [-0.4, -0.2) is 0 Å². The monoisotopic (exact) mass is 456 g/mol. The van der Waals surface area contributed by atoms with Gasteiger partial charge >= 0.3 is 0 Å². The predicted molar refractivity (Wildman–Crippen MR) is 0 cm³/mol. The van der Waals surface area contributed by atoms with Crippen molar-refractivity contribution in [2.75, 3.05) is 0 Å². The molecule has 0 aliphatic carbocycles. The van der Waals surface area contributed by atoms with Crippen LogP contribution in [0.2, 0.25) is 0 Å². The van der Waals surface area contributed by atoms with Crippen molar-refractivity contribution >= 4 is 0 Å². The fourth-order valence-corrected chi connectivity index (χ4v) is 0. The van der Waals surface area contributed by atoms with Gasteiger partial charge in [0, 0.05) is 109 Å². The molecule has 0 aromatic carbocycles. The van der Waals surface area contributed by atoms with E-state index in [1.54, 1.807) is 0 Å². The second kappa shape index (κ2) is 15.9. The molecule has 0 saturated carbocycles. The standard InChI is InChI=1S/4Cd. The summed E-state index contributed by atoms with van der Waals surface area (Å²) in [6.07, 6.45) is 0. The van der Waals surface area contributed by atoms with Crippen LogP contribution in [0.25, 0.3) is 0 Å². The minimum absolute atomic E-state index is 0. The molecule has 4 heteroatoms. The molecule has 0 rings (SSSR count). The quantitative estimate of drug-likeness (QED) is 0.457. The van der Waals surface area contributed by atoms with Crippen molar-refractivity contribution in [3.63, 3.8) is 0 Å². The van der Waals surface area contributed by atoms with E-state index in [0.29, 0.717) is 0 Å². The van der Waals surface area contributed by atoms with Crippen molar-refractivity contribution in [2.45, 2.75) is 0 Å². The summed E-state index contributed by atoms with van der Waals surface area (Å²) >= 11 is 0. The summed E-state index contributed by atoms with van der Waals surface area (Å²) < 4.78 is 0. The fourth-order valence-electron chi connectivity index (χ4n) is 0. The van der Waals surface area contributed by atoms with Crippen LogP contribution in [0.15, 0.2) is 0 Å². The van der Waals surface area contributed by atoms with Gasteiger partial charge in [0.25, 0.3) is 0 Å². The molecule has 0 heterocycles. The Labute approximate surface area is 106 Å². The van der Waals surface area contributed by atoms with Gasteiger partial charge in [0.2, 0.25) is 0 Å². The molecule has 0 N–H and O–H groups in total. The topological polar surface area (TPSA) is 0 Å². The molecule has 0 unspecified atom stereocenters. The largest absolute Gasteiger partial charge is 0 e. The van der Waals surface area contributed by atoms with Crippen molar-refractivity contribution in [2.24, 2.45) is 0 Å². The summed E-state index contributed by atoms with van der Waals surface area (Å²) in [5.41, 5.74) is 0. The molecule has 0 aromatic rings. The normalized spacial score (nSPS) is 0. The van der Waals surface area contributed by atoms with Crippen LogP contribution in [0.3, 0.4) is 0 Å². The van der Waals surface area contributed by atoms with E-state index in [2.05, 4.69) is 0 Å². The van der Waals surface area contributed by atoms with E-state index in [1.807, 2.05) is 0 Å². The number of hydrogen-bond donors (Lipinski definition) is 0. The Morgan fingerprint density at radius 3 is 0.250 bits per heavy atom. The van der Waals surface area contributed by atoms with Gasteiger partial charge in [-0.25, -0.2) is 0 Å². The van der Waals surface area contributed by atoms with E-state index in [1.165, 1.54) is 0 Å². The van der Waals surface area contributed by atoms with E-state index < -0.39 is 0 Å². The van der Waals surface area contributed by atoms with Crippen molar-refractivity contribution in [1.29, 1.82) is 0 Å². The molecule has 0 aliphatic rings.